The lowest BCUT2D eigenvalue weighted by atomic mass is 9.95. The highest BCUT2D eigenvalue weighted by atomic mass is 35.5. The lowest BCUT2D eigenvalue weighted by Gasteiger charge is -2.19. The number of aryl methyl sites for hydroxylation is 1. The number of nitrogens with zero attached hydrogens (tertiary/aromatic N) is 2. The summed E-state index contributed by atoms with van der Waals surface area (Å²) in [5.74, 6) is -0.256. The molecule has 3 heterocycles. The molecule has 226 valence electrons. The second-order valence-electron chi connectivity index (χ2n) is 11.9. The average molecular weight is 614 g/mol. The molecule has 3 aromatic carbocycles. The van der Waals surface area contributed by atoms with E-state index in [1.165, 1.54) is 0 Å². The number of amides is 3. The number of phenols is 1. The van der Waals surface area contributed by atoms with Crippen LogP contribution in [0.2, 0.25) is 0 Å². The van der Waals surface area contributed by atoms with Crippen molar-refractivity contribution in [2.24, 2.45) is 7.05 Å². The molecule has 5 aromatic rings. The van der Waals surface area contributed by atoms with E-state index in [0.717, 1.165) is 27.2 Å². The van der Waals surface area contributed by atoms with Crippen molar-refractivity contribution in [1.29, 1.82) is 0 Å². The van der Waals surface area contributed by atoms with Gasteiger partial charge in [-0.15, -0.1) is 11.6 Å². The number of ether oxygens (including phenoxy) is 1. The van der Waals surface area contributed by atoms with E-state index in [2.05, 4.69) is 15.6 Å². The minimum absolute atomic E-state index is 0.0790. The Morgan fingerprint density at radius 1 is 1.02 bits per heavy atom. The first-order valence-corrected chi connectivity index (χ1v) is 14.7. The Morgan fingerprint density at radius 3 is 2.50 bits per heavy atom. The second kappa shape index (κ2) is 10.9. The first-order chi connectivity index (χ1) is 20.9. The van der Waals surface area contributed by atoms with Gasteiger partial charge in [-0.1, -0.05) is 24.3 Å². The number of halogens is 1. The van der Waals surface area contributed by atoms with E-state index >= 15 is 0 Å². The number of aromatic nitrogens is 2. The van der Waals surface area contributed by atoms with Crippen molar-refractivity contribution in [3.05, 3.63) is 83.8 Å². The summed E-state index contributed by atoms with van der Waals surface area (Å²) in [6, 6.07) is 17.8. The fourth-order valence-electron chi connectivity index (χ4n) is 5.69. The molecule has 11 heteroatoms. The number of benzene rings is 3. The molecule has 0 fully saturated rings. The maximum absolute atomic E-state index is 13.8. The maximum atomic E-state index is 13.8. The average Bonchev–Trinajstić information content (AvgIpc) is 3.66. The Morgan fingerprint density at radius 2 is 1.77 bits per heavy atom. The van der Waals surface area contributed by atoms with Gasteiger partial charge >= 0.3 is 6.09 Å². The lowest BCUT2D eigenvalue weighted by molar-refractivity contribution is 0.0635. The van der Waals surface area contributed by atoms with Crippen LogP contribution in [-0.4, -0.2) is 50.6 Å². The van der Waals surface area contributed by atoms with Crippen molar-refractivity contribution in [3.63, 3.8) is 0 Å². The summed E-state index contributed by atoms with van der Waals surface area (Å²) in [6.07, 6.45) is 1.01. The van der Waals surface area contributed by atoms with E-state index in [-0.39, 0.29) is 23.5 Å². The molecule has 1 aliphatic heterocycles. The van der Waals surface area contributed by atoms with E-state index in [9.17, 15) is 19.5 Å². The Bertz CT molecular complexity index is 1950. The molecule has 2 aromatic heterocycles. The van der Waals surface area contributed by atoms with Crippen LogP contribution >= 0.6 is 11.6 Å². The van der Waals surface area contributed by atoms with Crippen LogP contribution in [0, 0.1) is 0 Å². The highest BCUT2D eigenvalue weighted by Crippen LogP contribution is 2.45. The van der Waals surface area contributed by atoms with Crippen molar-refractivity contribution >= 4 is 68.2 Å². The zero-order valence-electron chi connectivity index (χ0n) is 24.7. The number of aromatic hydroxyl groups is 1. The number of H-pyrrole nitrogens is 1. The summed E-state index contributed by atoms with van der Waals surface area (Å²) < 4.78 is 6.89. The van der Waals surface area contributed by atoms with Gasteiger partial charge in [0, 0.05) is 59.6 Å². The van der Waals surface area contributed by atoms with Crippen molar-refractivity contribution in [1.82, 2.24) is 9.55 Å². The zero-order valence-corrected chi connectivity index (χ0v) is 25.5. The molecule has 0 radical (unpaired) electrons. The number of alkyl halides is 1. The van der Waals surface area contributed by atoms with Gasteiger partial charge < -0.3 is 29.6 Å². The van der Waals surface area contributed by atoms with Crippen molar-refractivity contribution in [2.45, 2.75) is 32.3 Å². The van der Waals surface area contributed by atoms with E-state index in [0.29, 0.717) is 40.9 Å². The molecular weight excluding hydrogens is 582 g/mol. The zero-order chi connectivity index (χ0) is 31.3. The topological polar surface area (TPSA) is 129 Å². The van der Waals surface area contributed by atoms with Gasteiger partial charge in [-0.2, -0.15) is 0 Å². The van der Waals surface area contributed by atoms with Gasteiger partial charge in [0.05, 0.1) is 11.4 Å². The number of carbonyl (C=O) groups is 3. The molecule has 0 aliphatic carbocycles. The monoisotopic (exact) mass is 613 g/mol. The van der Waals surface area contributed by atoms with Gasteiger partial charge in [-0.3, -0.25) is 14.9 Å². The van der Waals surface area contributed by atoms with Gasteiger partial charge in [-0.05, 0) is 62.1 Å². The highest BCUT2D eigenvalue weighted by Gasteiger charge is 2.35. The third-order valence-corrected chi connectivity index (χ3v) is 7.94. The summed E-state index contributed by atoms with van der Waals surface area (Å²) in [7, 11) is 1.70. The number of nitrogens with one attached hydrogen (secondary N) is 3. The quantitative estimate of drug-likeness (QED) is 0.160. The Kier molecular flexibility index (Phi) is 7.25. The molecule has 44 heavy (non-hydrogen) atoms. The summed E-state index contributed by atoms with van der Waals surface area (Å²) in [6.45, 7) is 5.70. The summed E-state index contributed by atoms with van der Waals surface area (Å²) in [4.78, 5) is 43.9. The van der Waals surface area contributed by atoms with Gasteiger partial charge in [0.1, 0.15) is 22.7 Å². The fourth-order valence-corrected chi connectivity index (χ4v) is 5.94. The summed E-state index contributed by atoms with van der Waals surface area (Å²) in [5, 5.41) is 18.6. The standard InChI is InChI=1S/C33H32ClN5O5/c1-33(2,3)44-32(43)36-21-13-27(38(4)17-21)30(41)35-20-9-10-24-18(11-20)12-25(37-24)31(42)39-16-19(15-34)29-23-8-6-5-7-22(23)28(40)14-26(29)39/h5-14,17,19,37,40H,15-16H2,1-4H3,(H,35,41)(H,36,43)/t19-/m1/s1. The molecule has 0 spiro atoms. The van der Waals surface area contributed by atoms with Gasteiger partial charge in [0.25, 0.3) is 11.8 Å². The lowest BCUT2D eigenvalue weighted by Crippen LogP contribution is -2.30. The third-order valence-electron chi connectivity index (χ3n) is 7.57. The minimum Gasteiger partial charge on any atom is -0.507 e. The van der Waals surface area contributed by atoms with Crippen LogP contribution in [0.15, 0.2) is 66.9 Å². The number of hydrogen-bond acceptors (Lipinski definition) is 5. The third kappa shape index (κ3) is 5.44. The van der Waals surface area contributed by atoms with Crippen LogP contribution in [0.1, 0.15) is 53.2 Å². The van der Waals surface area contributed by atoms with E-state index in [1.54, 1.807) is 79.9 Å². The summed E-state index contributed by atoms with van der Waals surface area (Å²) in [5.41, 5.74) is 3.34. The van der Waals surface area contributed by atoms with Gasteiger partial charge in [-0.25, -0.2) is 4.79 Å². The fraction of sp³-hybridized carbons (Fsp3) is 0.242. The van der Waals surface area contributed by atoms with Crippen LogP contribution in [-0.2, 0) is 11.8 Å². The van der Waals surface area contributed by atoms with Crippen LogP contribution in [0.5, 0.6) is 5.75 Å². The Hall–Kier alpha value is -4.96. The van der Waals surface area contributed by atoms with E-state index in [1.807, 2.05) is 24.3 Å². The first-order valence-electron chi connectivity index (χ1n) is 14.1. The predicted molar refractivity (Wildman–Crippen MR) is 172 cm³/mol. The molecule has 1 aliphatic rings. The maximum Gasteiger partial charge on any atom is 0.412 e. The number of aromatic amines is 1. The number of hydrogen-bond donors (Lipinski definition) is 4. The molecule has 1 atom stereocenters. The normalized spacial score (nSPS) is 14.6. The molecule has 0 bridgehead atoms. The molecule has 0 saturated heterocycles. The van der Waals surface area contributed by atoms with Gasteiger partial charge in [0.2, 0.25) is 0 Å². The van der Waals surface area contributed by atoms with Crippen LogP contribution in [0.4, 0.5) is 21.9 Å². The number of rotatable bonds is 5. The first kappa shape index (κ1) is 29.1. The Labute approximate surface area is 258 Å². The van der Waals surface area contributed by atoms with Crippen LogP contribution in [0.25, 0.3) is 21.7 Å². The molecule has 0 unspecified atom stereocenters. The van der Waals surface area contributed by atoms with Gasteiger partial charge in [0.15, 0.2) is 0 Å². The van der Waals surface area contributed by atoms with Crippen molar-refractivity contribution < 1.29 is 24.2 Å². The van der Waals surface area contributed by atoms with E-state index in [4.69, 9.17) is 16.3 Å². The highest BCUT2D eigenvalue weighted by molar-refractivity contribution is 6.19. The molecule has 3 amide bonds. The van der Waals surface area contributed by atoms with Crippen molar-refractivity contribution in [2.75, 3.05) is 28.0 Å². The number of fused-ring (bicyclic) bond motifs is 4. The Balaban J connectivity index is 1.22. The SMILES string of the molecule is Cn1cc(NC(=O)OC(C)(C)C)cc1C(=O)Nc1ccc2[nH]c(C(=O)N3C[C@@H](CCl)c4c3cc(O)c3ccccc43)cc2c1. The molecule has 10 nitrogen and oxygen atoms in total. The molecule has 6 rings (SSSR count). The van der Waals surface area contributed by atoms with Crippen molar-refractivity contribution in [3.8, 4) is 5.75 Å². The van der Waals surface area contributed by atoms with Crippen LogP contribution < -0.4 is 15.5 Å². The molecular formula is C33H32ClN5O5. The molecule has 4 N–H and O–H groups in total. The minimum atomic E-state index is -0.649. The molecule has 0 saturated carbocycles. The number of anilines is 3. The van der Waals surface area contributed by atoms with Crippen LogP contribution in [0.3, 0.4) is 0 Å². The van der Waals surface area contributed by atoms with E-state index < -0.39 is 11.7 Å². The second-order valence-corrected chi connectivity index (χ2v) is 12.2. The number of carbonyl (C=O) groups excluding carboxylic acids is 3. The smallest absolute Gasteiger partial charge is 0.412 e. The largest absolute Gasteiger partial charge is 0.507 e. The predicted octanol–water partition coefficient (Wildman–Crippen LogP) is 6.95. The summed E-state index contributed by atoms with van der Waals surface area (Å²) >= 11 is 6.35. The number of phenolic OH excluding ortho intramolecular Hbond substituents is 1.